The maximum absolute atomic E-state index is 6.84. The lowest BCUT2D eigenvalue weighted by Crippen LogP contribution is -2.45. The SMILES string of the molecule is CCCCCC[Si](C)(C)OC(C)(C)C[Si](C)(C)CCCC(CC)OOCCOCCOCCOCCOCCOCCOCCOCCOC. The quantitative estimate of drug-likeness (QED) is 0.0268. The summed E-state index contributed by atoms with van der Waals surface area (Å²) in [7, 11) is -1.39. The molecule has 0 amide bonds. The molecule has 0 saturated heterocycles. The third kappa shape index (κ3) is 35.0. The van der Waals surface area contributed by atoms with Crippen molar-refractivity contribution >= 4 is 16.4 Å². The molecule has 13 heteroatoms. The van der Waals surface area contributed by atoms with Crippen LogP contribution in [0.1, 0.15) is 72.6 Å². The Morgan fingerprint density at radius 2 is 0.960 bits per heavy atom. The summed E-state index contributed by atoms with van der Waals surface area (Å²) in [5, 5.41) is 0. The number of ether oxygens (including phenoxy) is 8. The minimum absolute atomic E-state index is 0.0385. The van der Waals surface area contributed by atoms with Gasteiger partial charge in [0.05, 0.1) is 113 Å². The van der Waals surface area contributed by atoms with Gasteiger partial charge in [-0.15, -0.1) is 0 Å². The highest BCUT2D eigenvalue weighted by atomic mass is 28.4. The molecule has 0 N–H and O–H groups in total. The normalized spacial score (nSPS) is 13.4. The first-order chi connectivity index (χ1) is 24.0. The maximum atomic E-state index is 6.84. The molecule has 0 aromatic carbocycles. The Morgan fingerprint density at radius 1 is 0.520 bits per heavy atom. The van der Waals surface area contributed by atoms with Gasteiger partial charge in [-0.3, -0.25) is 0 Å². The molecule has 0 radical (unpaired) electrons. The lowest BCUT2D eigenvalue weighted by molar-refractivity contribution is -0.329. The van der Waals surface area contributed by atoms with Crippen LogP contribution in [0.4, 0.5) is 0 Å². The molecule has 0 aromatic rings. The van der Waals surface area contributed by atoms with E-state index in [4.69, 9.17) is 52.1 Å². The molecule has 1 atom stereocenters. The van der Waals surface area contributed by atoms with Crippen molar-refractivity contribution in [3.63, 3.8) is 0 Å². The van der Waals surface area contributed by atoms with Gasteiger partial charge in [-0.1, -0.05) is 65.1 Å². The molecule has 0 fully saturated rings. The average molecular weight is 757 g/mol. The van der Waals surface area contributed by atoms with E-state index in [1.807, 2.05) is 0 Å². The van der Waals surface area contributed by atoms with Crippen molar-refractivity contribution in [3.8, 4) is 0 Å². The standard InChI is InChI=1S/C37H80O11Si2/c1-10-12-13-14-34-50(8,9)48-37(3,4)35-49(6,7)33-15-16-36(11-2)47-46-32-31-45-30-29-44-28-27-43-26-25-42-24-23-41-22-21-40-20-19-39-18-17-38-5/h36H,10-35H2,1-9H3. The van der Waals surface area contributed by atoms with Crippen LogP contribution in [0, 0.1) is 0 Å². The van der Waals surface area contributed by atoms with Gasteiger partial charge in [-0.25, -0.2) is 9.78 Å². The molecule has 0 saturated carbocycles. The summed E-state index contributed by atoms with van der Waals surface area (Å²) < 4.78 is 50.1. The zero-order chi connectivity index (χ0) is 37.2. The van der Waals surface area contributed by atoms with Crippen molar-refractivity contribution in [1.82, 2.24) is 0 Å². The molecular weight excluding hydrogens is 677 g/mol. The highest BCUT2D eigenvalue weighted by molar-refractivity contribution is 6.77. The number of unbranched alkanes of at least 4 members (excludes halogenated alkanes) is 3. The van der Waals surface area contributed by atoms with E-state index in [0.717, 1.165) is 12.8 Å². The second-order valence-electron chi connectivity index (χ2n) is 14.9. The van der Waals surface area contributed by atoms with Gasteiger partial charge in [0.25, 0.3) is 0 Å². The molecule has 0 spiro atoms. The van der Waals surface area contributed by atoms with E-state index in [1.165, 1.54) is 50.2 Å². The number of rotatable bonds is 40. The molecule has 0 heterocycles. The Kier molecular flexibility index (Phi) is 33.6. The lowest BCUT2D eigenvalue weighted by atomic mass is 10.2. The molecule has 0 aliphatic rings. The summed E-state index contributed by atoms with van der Waals surface area (Å²) in [4.78, 5) is 11.2. The van der Waals surface area contributed by atoms with Crippen molar-refractivity contribution in [2.75, 3.05) is 113 Å². The van der Waals surface area contributed by atoms with E-state index in [9.17, 15) is 0 Å². The first-order valence-electron chi connectivity index (χ1n) is 19.5. The number of hydrogen-bond acceptors (Lipinski definition) is 11. The minimum Gasteiger partial charge on any atom is -0.413 e. The Morgan fingerprint density at radius 3 is 1.38 bits per heavy atom. The Hall–Kier alpha value is -0.00623. The van der Waals surface area contributed by atoms with Crippen molar-refractivity contribution < 1.29 is 52.1 Å². The number of methoxy groups -OCH3 is 1. The van der Waals surface area contributed by atoms with E-state index in [2.05, 4.69) is 53.9 Å². The molecule has 0 aromatic heterocycles. The molecule has 0 aliphatic heterocycles. The van der Waals surface area contributed by atoms with Crippen molar-refractivity contribution in [3.05, 3.63) is 0 Å². The van der Waals surface area contributed by atoms with Crippen molar-refractivity contribution in [2.45, 2.75) is 129 Å². The first-order valence-corrected chi connectivity index (χ1v) is 26.0. The fourth-order valence-corrected chi connectivity index (χ4v) is 12.6. The fourth-order valence-electron chi connectivity index (χ4n) is 5.98. The van der Waals surface area contributed by atoms with Crippen molar-refractivity contribution in [1.29, 1.82) is 0 Å². The Balaban J connectivity index is 3.65. The minimum atomic E-state index is -1.64. The zero-order valence-electron chi connectivity index (χ0n) is 34.0. The largest absolute Gasteiger partial charge is 0.413 e. The van der Waals surface area contributed by atoms with E-state index >= 15 is 0 Å². The van der Waals surface area contributed by atoms with Crippen LogP contribution in [0.2, 0.25) is 44.3 Å². The van der Waals surface area contributed by atoms with Gasteiger partial charge in [0.2, 0.25) is 0 Å². The lowest BCUT2D eigenvalue weighted by Gasteiger charge is -2.40. The molecular formula is C37H80O11Si2. The van der Waals surface area contributed by atoms with Gasteiger partial charge >= 0.3 is 0 Å². The van der Waals surface area contributed by atoms with E-state index in [-0.39, 0.29) is 11.7 Å². The summed E-state index contributed by atoms with van der Waals surface area (Å²) in [6, 6.07) is 3.75. The maximum Gasteiger partial charge on any atom is 0.187 e. The molecule has 1 unspecified atom stereocenters. The summed E-state index contributed by atoms with van der Waals surface area (Å²) >= 11 is 0. The number of hydrogen-bond donors (Lipinski definition) is 0. The zero-order valence-corrected chi connectivity index (χ0v) is 36.0. The van der Waals surface area contributed by atoms with Gasteiger partial charge < -0.3 is 42.3 Å². The van der Waals surface area contributed by atoms with Crippen LogP contribution in [0.15, 0.2) is 0 Å². The molecule has 0 bridgehead atoms. The predicted octanol–water partition coefficient (Wildman–Crippen LogP) is 7.55. The van der Waals surface area contributed by atoms with Gasteiger partial charge in [0, 0.05) is 12.7 Å². The van der Waals surface area contributed by atoms with E-state index in [0.29, 0.717) is 106 Å². The fraction of sp³-hybridized carbons (Fsp3) is 1.00. The van der Waals surface area contributed by atoms with Crippen LogP contribution in [0.3, 0.4) is 0 Å². The van der Waals surface area contributed by atoms with Crippen LogP contribution in [0.25, 0.3) is 0 Å². The van der Waals surface area contributed by atoms with Crippen LogP contribution in [-0.4, -0.2) is 141 Å². The van der Waals surface area contributed by atoms with Crippen LogP contribution < -0.4 is 0 Å². The van der Waals surface area contributed by atoms with Crippen LogP contribution in [-0.2, 0) is 52.1 Å². The molecule has 50 heavy (non-hydrogen) atoms. The smallest absolute Gasteiger partial charge is 0.187 e. The molecule has 0 aliphatic carbocycles. The Bertz CT molecular complexity index is 717. The highest BCUT2D eigenvalue weighted by Gasteiger charge is 2.36. The topological polar surface area (TPSA) is 102 Å². The summed E-state index contributed by atoms with van der Waals surface area (Å²) in [6.07, 6.45) is 8.52. The molecule has 11 nitrogen and oxygen atoms in total. The van der Waals surface area contributed by atoms with Gasteiger partial charge in [-0.2, -0.15) is 0 Å². The van der Waals surface area contributed by atoms with Gasteiger partial charge in [0.1, 0.15) is 6.61 Å². The average Bonchev–Trinajstić information content (AvgIpc) is 3.04. The monoisotopic (exact) mass is 757 g/mol. The van der Waals surface area contributed by atoms with E-state index in [1.54, 1.807) is 7.11 Å². The second-order valence-corrected chi connectivity index (χ2v) is 24.3. The van der Waals surface area contributed by atoms with Gasteiger partial charge in [-0.05, 0) is 51.9 Å². The van der Waals surface area contributed by atoms with Gasteiger partial charge in [0.15, 0.2) is 8.32 Å². The highest BCUT2D eigenvalue weighted by Crippen LogP contribution is 2.33. The molecule has 302 valence electrons. The third-order valence-corrected chi connectivity index (χ3v) is 14.3. The van der Waals surface area contributed by atoms with Crippen LogP contribution in [0.5, 0.6) is 0 Å². The molecule has 0 rings (SSSR count). The first kappa shape index (κ1) is 50.0. The summed E-state index contributed by atoms with van der Waals surface area (Å²) in [6.45, 7) is 27.3. The summed E-state index contributed by atoms with van der Waals surface area (Å²) in [5.41, 5.74) is -0.0385. The van der Waals surface area contributed by atoms with Crippen molar-refractivity contribution in [2.24, 2.45) is 0 Å². The van der Waals surface area contributed by atoms with Crippen LogP contribution >= 0.6 is 0 Å². The van der Waals surface area contributed by atoms with E-state index < -0.39 is 16.4 Å². The second kappa shape index (κ2) is 33.6. The predicted molar refractivity (Wildman–Crippen MR) is 207 cm³/mol. The third-order valence-electron chi connectivity index (χ3n) is 8.10. The Labute approximate surface area is 309 Å². The summed E-state index contributed by atoms with van der Waals surface area (Å²) in [5.74, 6) is 0.